The molecule has 0 spiro atoms. The number of halogens is 1. The van der Waals surface area contributed by atoms with Gasteiger partial charge in [-0.3, -0.25) is 13.9 Å². The van der Waals surface area contributed by atoms with E-state index in [0.717, 1.165) is 30.8 Å². The second kappa shape index (κ2) is 13.9. The average molecular weight is 662 g/mol. The number of aryl methyl sites for hydroxylation is 1. The van der Waals surface area contributed by atoms with Crippen LogP contribution in [0, 0.1) is 16.4 Å². The lowest BCUT2D eigenvalue weighted by molar-refractivity contribution is -0.140. The highest BCUT2D eigenvalue weighted by molar-refractivity contribution is 14.1. The number of carbonyl (C=O) groups excluding carboxylic acids is 2. The Bertz CT molecular complexity index is 1360. The summed E-state index contributed by atoms with van der Waals surface area (Å²) in [6, 6.07) is 23.3. The highest BCUT2D eigenvalue weighted by Crippen LogP contribution is 2.22. The van der Waals surface area contributed by atoms with Crippen LogP contribution in [0.4, 0.5) is 5.69 Å². The predicted octanol–water partition coefficient (Wildman–Crippen LogP) is 4.78. The molecule has 3 aromatic carbocycles. The summed E-state index contributed by atoms with van der Waals surface area (Å²) in [6.45, 7) is 6.18. The zero-order valence-corrected chi connectivity index (χ0v) is 25.8. The van der Waals surface area contributed by atoms with Gasteiger partial charge in [-0.05, 0) is 76.4 Å². The van der Waals surface area contributed by atoms with Crippen LogP contribution in [0.3, 0.4) is 0 Å². The van der Waals surface area contributed by atoms with E-state index in [9.17, 15) is 18.0 Å². The Balaban J connectivity index is 2.05. The Morgan fingerprint density at radius 3 is 2.13 bits per heavy atom. The summed E-state index contributed by atoms with van der Waals surface area (Å²) in [6.07, 6.45) is 1.38. The molecule has 0 aliphatic rings. The molecule has 208 valence electrons. The predicted molar refractivity (Wildman–Crippen MR) is 165 cm³/mol. The molecule has 9 heteroatoms. The summed E-state index contributed by atoms with van der Waals surface area (Å²) >= 11 is 2.14. The lowest BCUT2D eigenvalue weighted by Gasteiger charge is -2.34. The SMILES string of the molecule is Cc1ccccc1CN(C(=O)CN(c1ccc(I)cc1)S(C)(=O)=O)[C@@H](Cc1ccccc1)C(=O)NCC(C)C. The minimum atomic E-state index is -3.78. The second-order valence-electron chi connectivity index (χ2n) is 10.0. The molecule has 0 aliphatic heterocycles. The minimum Gasteiger partial charge on any atom is -0.354 e. The Morgan fingerprint density at radius 2 is 1.54 bits per heavy atom. The zero-order chi connectivity index (χ0) is 28.6. The molecule has 7 nitrogen and oxygen atoms in total. The number of anilines is 1. The summed E-state index contributed by atoms with van der Waals surface area (Å²) < 4.78 is 27.7. The van der Waals surface area contributed by atoms with Crippen molar-refractivity contribution in [1.82, 2.24) is 10.2 Å². The third-order valence-electron chi connectivity index (χ3n) is 6.35. The van der Waals surface area contributed by atoms with Crippen LogP contribution < -0.4 is 9.62 Å². The van der Waals surface area contributed by atoms with Gasteiger partial charge < -0.3 is 10.2 Å². The van der Waals surface area contributed by atoms with Gasteiger partial charge in [0.1, 0.15) is 12.6 Å². The van der Waals surface area contributed by atoms with Crippen molar-refractivity contribution < 1.29 is 18.0 Å². The molecule has 1 N–H and O–H groups in total. The van der Waals surface area contributed by atoms with Gasteiger partial charge in [-0.25, -0.2) is 8.42 Å². The van der Waals surface area contributed by atoms with E-state index < -0.39 is 28.5 Å². The first kappa shape index (κ1) is 30.6. The van der Waals surface area contributed by atoms with Crippen LogP contribution >= 0.6 is 22.6 Å². The Morgan fingerprint density at radius 1 is 0.923 bits per heavy atom. The topological polar surface area (TPSA) is 86.8 Å². The van der Waals surface area contributed by atoms with Gasteiger partial charge in [0.05, 0.1) is 11.9 Å². The lowest BCUT2D eigenvalue weighted by atomic mass is 10.0. The molecule has 0 radical (unpaired) electrons. The maximum Gasteiger partial charge on any atom is 0.244 e. The number of nitrogens with zero attached hydrogens (tertiary/aromatic N) is 2. The number of rotatable bonds is 12. The number of benzene rings is 3. The van der Waals surface area contributed by atoms with E-state index in [1.54, 1.807) is 24.3 Å². The Hall–Kier alpha value is -2.92. The molecule has 2 amide bonds. The van der Waals surface area contributed by atoms with Gasteiger partial charge in [-0.2, -0.15) is 0 Å². The molecule has 0 aromatic heterocycles. The monoisotopic (exact) mass is 661 g/mol. The number of sulfonamides is 1. The first-order chi connectivity index (χ1) is 18.5. The molecule has 0 aliphatic carbocycles. The molecule has 39 heavy (non-hydrogen) atoms. The van der Waals surface area contributed by atoms with Crippen LogP contribution in [0.25, 0.3) is 0 Å². The molecule has 1 atom stereocenters. The number of hydrogen-bond donors (Lipinski definition) is 1. The third-order valence-corrected chi connectivity index (χ3v) is 8.21. The molecule has 0 heterocycles. The van der Waals surface area contributed by atoms with Gasteiger partial charge in [0.2, 0.25) is 21.8 Å². The maximum absolute atomic E-state index is 14.1. The lowest BCUT2D eigenvalue weighted by Crippen LogP contribution is -2.53. The molecule has 0 saturated heterocycles. The highest BCUT2D eigenvalue weighted by Gasteiger charge is 2.33. The number of carbonyl (C=O) groups is 2. The molecule has 3 rings (SSSR count). The fourth-order valence-electron chi connectivity index (χ4n) is 4.17. The third kappa shape index (κ3) is 9.06. The summed E-state index contributed by atoms with van der Waals surface area (Å²) in [5.41, 5.74) is 3.17. The Labute approximate surface area is 245 Å². The second-order valence-corrected chi connectivity index (χ2v) is 13.2. The number of hydrogen-bond acceptors (Lipinski definition) is 4. The largest absolute Gasteiger partial charge is 0.354 e. The van der Waals surface area contributed by atoms with Crippen LogP contribution in [0.1, 0.15) is 30.5 Å². The van der Waals surface area contributed by atoms with E-state index in [2.05, 4.69) is 27.9 Å². The minimum absolute atomic E-state index is 0.169. The zero-order valence-electron chi connectivity index (χ0n) is 22.8. The van der Waals surface area contributed by atoms with Crippen molar-refractivity contribution in [2.45, 2.75) is 39.8 Å². The van der Waals surface area contributed by atoms with E-state index in [4.69, 9.17) is 0 Å². The maximum atomic E-state index is 14.1. The first-order valence-corrected chi connectivity index (χ1v) is 15.8. The smallest absolute Gasteiger partial charge is 0.244 e. The average Bonchev–Trinajstić information content (AvgIpc) is 2.89. The van der Waals surface area contributed by atoms with Crippen LogP contribution in [0.15, 0.2) is 78.9 Å². The number of amides is 2. The van der Waals surface area contributed by atoms with Crippen molar-refractivity contribution in [3.63, 3.8) is 0 Å². The summed E-state index contributed by atoms with van der Waals surface area (Å²) in [7, 11) is -3.78. The van der Waals surface area contributed by atoms with Crippen LogP contribution in [-0.2, 0) is 32.6 Å². The van der Waals surface area contributed by atoms with Gasteiger partial charge in [0, 0.05) is 23.1 Å². The standard InChI is InChI=1S/C30H36IN3O4S/c1-22(2)19-32-30(36)28(18-24-11-6-5-7-12-24)33(20-25-13-9-8-10-23(25)3)29(35)21-34(39(4,37)38)27-16-14-26(31)15-17-27/h5-17,22,28H,18-21H2,1-4H3,(H,32,36)/t28-/m0/s1. The van der Waals surface area contributed by atoms with Crippen LogP contribution in [-0.4, -0.2) is 50.5 Å². The van der Waals surface area contributed by atoms with Gasteiger partial charge in [0.25, 0.3) is 0 Å². The van der Waals surface area contributed by atoms with E-state index >= 15 is 0 Å². The summed E-state index contributed by atoms with van der Waals surface area (Å²) in [5, 5.41) is 2.99. The molecule has 0 unspecified atom stereocenters. The molecule has 3 aromatic rings. The van der Waals surface area contributed by atoms with Crippen LogP contribution in [0.2, 0.25) is 0 Å². The van der Waals surface area contributed by atoms with Gasteiger partial charge >= 0.3 is 0 Å². The quantitative estimate of drug-likeness (QED) is 0.284. The number of nitrogens with one attached hydrogen (secondary N) is 1. The van der Waals surface area contributed by atoms with E-state index in [1.807, 2.05) is 75.4 Å². The van der Waals surface area contributed by atoms with E-state index in [-0.39, 0.29) is 18.4 Å². The highest BCUT2D eigenvalue weighted by atomic mass is 127. The fourth-order valence-corrected chi connectivity index (χ4v) is 5.38. The Kier molecular flexibility index (Phi) is 10.9. The normalized spacial score (nSPS) is 12.2. The van der Waals surface area contributed by atoms with Crippen molar-refractivity contribution >= 4 is 50.1 Å². The molecule has 0 saturated carbocycles. The molecular formula is C30H36IN3O4S. The van der Waals surface area contributed by atoms with Crippen molar-refractivity contribution in [3.05, 3.63) is 99.1 Å². The van der Waals surface area contributed by atoms with Crippen LogP contribution in [0.5, 0.6) is 0 Å². The molecular weight excluding hydrogens is 625 g/mol. The fraction of sp³-hybridized carbons (Fsp3) is 0.333. The van der Waals surface area contributed by atoms with Crippen molar-refractivity contribution in [3.8, 4) is 0 Å². The summed E-state index contributed by atoms with van der Waals surface area (Å²) in [4.78, 5) is 29.2. The van der Waals surface area contributed by atoms with Gasteiger partial charge in [0.15, 0.2) is 0 Å². The first-order valence-electron chi connectivity index (χ1n) is 12.8. The van der Waals surface area contributed by atoms with E-state index in [1.165, 1.54) is 4.90 Å². The van der Waals surface area contributed by atoms with Crippen molar-refractivity contribution in [1.29, 1.82) is 0 Å². The van der Waals surface area contributed by atoms with E-state index in [0.29, 0.717) is 18.7 Å². The molecule has 0 bridgehead atoms. The summed E-state index contributed by atoms with van der Waals surface area (Å²) in [5.74, 6) is -0.494. The van der Waals surface area contributed by atoms with Gasteiger partial charge in [-0.15, -0.1) is 0 Å². The van der Waals surface area contributed by atoms with Gasteiger partial charge in [-0.1, -0.05) is 68.4 Å². The van der Waals surface area contributed by atoms with Crippen molar-refractivity contribution in [2.75, 3.05) is 23.7 Å². The molecule has 0 fully saturated rings. The van der Waals surface area contributed by atoms with Crippen molar-refractivity contribution in [2.24, 2.45) is 5.92 Å².